The summed E-state index contributed by atoms with van der Waals surface area (Å²) in [5.41, 5.74) is 1.68. The number of halogens is 1. The van der Waals surface area contributed by atoms with Crippen molar-refractivity contribution in [3.63, 3.8) is 0 Å². The van der Waals surface area contributed by atoms with Gasteiger partial charge in [-0.3, -0.25) is 9.59 Å². The lowest BCUT2D eigenvalue weighted by molar-refractivity contribution is -0.141. The van der Waals surface area contributed by atoms with Crippen LogP contribution in [0.3, 0.4) is 0 Å². The molecule has 5 nitrogen and oxygen atoms in total. The molecule has 0 saturated carbocycles. The molecule has 3 heterocycles. The highest BCUT2D eigenvalue weighted by atomic mass is 19.1. The lowest BCUT2D eigenvalue weighted by atomic mass is 9.99. The number of amides is 2. The third kappa shape index (κ3) is 3.11. The van der Waals surface area contributed by atoms with Gasteiger partial charge in [-0.25, -0.2) is 4.39 Å². The van der Waals surface area contributed by atoms with Crippen molar-refractivity contribution in [1.82, 2.24) is 14.4 Å². The van der Waals surface area contributed by atoms with Crippen molar-refractivity contribution in [3.05, 3.63) is 59.7 Å². The first-order chi connectivity index (χ1) is 12.6. The molecule has 0 N–H and O–H groups in total. The number of carbonyl (C=O) groups excluding carboxylic acids is 2. The highest BCUT2D eigenvalue weighted by molar-refractivity contribution is 5.97. The van der Waals surface area contributed by atoms with E-state index in [1.807, 2.05) is 24.4 Å². The Balaban J connectivity index is 1.61. The van der Waals surface area contributed by atoms with Gasteiger partial charge in [-0.2, -0.15) is 0 Å². The number of fused-ring (bicyclic) bond motifs is 1. The minimum absolute atomic E-state index is 0.105. The standard InChI is InChI=1S/C20H22FN3O2/c21-16-6-3-5-15(13-16)20-17-7-4-10-22(17)11-12-24(20)19(26)14-18(25)23-8-1-2-9-23/h3-7,10,13,20H,1-2,8-9,11-12,14H2/t20-/m0/s1. The van der Waals surface area contributed by atoms with Crippen LogP contribution < -0.4 is 0 Å². The van der Waals surface area contributed by atoms with Gasteiger partial charge in [-0.1, -0.05) is 12.1 Å². The van der Waals surface area contributed by atoms with E-state index < -0.39 is 0 Å². The molecule has 6 heteroatoms. The van der Waals surface area contributed by atoms with Crippen LogP contribution in [0, 0.1) is 5.82 Å². The third-order valence-corrected chi connectivity index (χ3v) is 5.28. The summed E-state index contributed by atoms with van der Waals surface area (Å²) in [4.78, 5) is 28.8. The van der Waals surface area contributed by atoms with E-state index in [0.717, 1.165) is 37.2 Å². The Morgan fingerprint density at radius 1 is 1.00 bits per heavy atom. The van der Waals surface area contributed by atoms with Crippen molar-refractivity contribution in [3.8, 4) is 0 Å². The Bertz CT molecular complexity index is 826. The number of hydrogen-bond acceptors (Lipinski definition) is 2. The average Bonchev–Trinajstić information content (AvgIpc) is 3.32. The fourth-order valence-electron chi connectivity index (χ4n) is 3.99. The predicted octanol–water partition coefficient (Wildman–Crippen LogP) is 2.57. The molecular weight excluding hydrogens is 333 g/mol. The second-order valence-corrected chi connectivity index (χ2v) is 6.94. The quantitative estimate of drug-likeness (QED) is 0.795. The molecule has 1 saturated heterocycles. The van der Waals surface area contributed by atoms with Crippen molar-refractivity contribution in [2.45, 2.75) is 31.8 Å². The number of hydrogen-bond donors (Lipinski definition) is 0. The fourth-order valence-corrected chi connectivity index (χ4v) is 3.99. The molecule has 4 rings (SSSR count). The Morgan fingerprint density at radius 2 is 1.81 bits per heavy atom. The van der Waals surface area contributed by atoms with E-state index in [-0.39, 0.29) is 30.1 Å². The summed E-state index contributed by atoms with van der Waals surface area (Å²) in [6.45, 7) is 2.66. The first kappa shape index (κ1) is 16.8. The summed E-state index contributed by atoms with van der Waals surface area (Å²) in [5.74, 6) is -0.623. The van der Waals surface area contributed by atoms with Crippen molar-refractivity contribution in [2.24, 2.45) is 0 Å². The first-order valence-electron chi connectivity index (χ1n) is 9.11. The summed E-state index contributed by atoms with van der Waals surface area (Å²) >= 11 is 0. The van der Waals surface area contributed by atoms with E-state index in [2.05, 4.69) is 4.57 Å². The molecular formula is C20H22FN3O2. The first-order valence-corrected chi connectivity index (χ1v) is 9.11. The van der Waals surface area contributed by atoms with Gasteiger partial charge in [0, 0.05) is 38.1 Å². The zero-order valence-electron chi connectivity index (χ0n) is 14.6. The molecule has 1 fully saturated rings. The molecule has 136 valence electrons. The zero-order valence-corrected chi connectivity index (χ0v) is 14.6. The van der Waals surface area contributed by atoms with E-state index >= 15 is 0 Å². The molecule has 2 aliphatic rings. The highest BCUT2D eigenvalue weighted by Gasteiger charge is 2.33. The molecule has 1 aromatic heterocycles. The molecule has 1 aromatic carbocycles. The predicted molar refractivity (Wildman–Crippen MR) is 94.8 cm³/mol. The van der Waals surface area contributed by atoms with Crippen molar-refractivity contribution < 1.29 is 14.0 Å². The third-order valence-electron chi connectivity index (χ3n) is 5.28. The van der Waals surface area contributed by atoms with Crippen LogP contribution in [0.25, 0.3) is 0 Å². The van der Waals surface area contributed by atoms with Crippen LogP contribution in [0.1, 0.15) is 36.6 Å². The minimum Gasteiger partial charge on any atom is -0.348 e. The smallest absolute Gasteiger partial charge is 0.232 e. The Labute approximate surface area is 152 Å². The Morgan fingerprint density at radius 3 is 2.58 bits per heavy atom. The van der Waals surface area contributed by atoms with E-state index in [9.17, 15) is 14.0 Å². The monoisotopic (exact) mass is 355 g/mol. The van der Waals surface area contributed by atoms with Crippen molar-refractivity contribution in [2.75, 3.05) is 19.6 Å². The average molecular weight is 355 g/mol. The van der Waals surface area contributed by atoms with Crippen LogP contribution in [0.2, 0.25) is 0 Å². The van der Waals surface area contributed by atoms with E-state index in [0.29, 0.717) is 13.1 Å². The Kier molecular flexibility index (Phi) is 4.49. The zero-order chi connectivity index (χ0) is 18.1. The van der Waals surface area contributed by atoms with Gasteiger partial charge < -0.3 is 14.4 Å². The second-order valence-electron chi connectivity index (χ2n) is 6.94. The molecule has 0 spiro atoms. The van der Waals surface area contributed by atoms with Crippen LogP contribution in [-0.4, -0.2) is 45.8 Å². The van der Waals surface area contributed by atoms with Crippen molar-refractivity contribution in [1.29, 1.82) is 0 Å². The van der Waals surface area contributed by atoms with Gasteiger partial charge in [-0.15, -0.1) is 0 Å². The van der Waals surface area contributed by atoms with Gasteiger partial charge in [0.25, 0.3) is 0 Å². The number of benzene rings is 1. The largest absolute Gasteiger partial charge is 0.348 e. The molecule has 2 aromatic rings. The van der Waals surface area contributed by atoms with Crippen LogP contribution in [-0.2, 0) is 16.1 Å². The topological polar surface area (TPSA) is 45.6 Å². The maximum atomic E-state index is 13.8. The van der Waals surface area contributed by atoms with E-state index in [1.54, 1.807) is 15.9 Å². The van der Waals surface area contributed by atoms with Crippen LogP contribution >= 0.6 is 0 Å². The maximum Gasteiger partial charge on any atom is 0.232 e. The molecule has 1 atom stereocenters. The van der Waals surface area contributed by atoms with Gasteiger partial charge in [0.2, 0.25) is 11.8 Å². The second kappa shape index (κ2) is 6.94. The van der Waals surface area contributed by atoms with Gasteiger partial charge >= 0.3 is 0 Å². The Hall–Kier alpha value is -2.63. The van der Waals surface area contributed by atoms with Crippen LogP contribution in [0.15, 0.2) is 42.6 Å². The fraction of sp³-hybridized carbons (Fsp3) is 0.400. The van der Waals surface area contributed by atoms with Gasteiger partial charge in [0.05, 0.1) is 6.04 Å². The molecule has 0 radical (unpaired) electrons. The number of rotatable bonds is 3. The molecule has 26 heavy (non-hydrogen) atoms. The highest BCUT2D eigenvalue weighted by Crippen LogP contribution is 2.33. The van der Waals surface area contributed by atoms with Gasteiger partial charge in [0.1, 0.15) is 12.2 Å². The lowest BCUT2D eigenvalue weighted by Crippen LogP contribution is -2.44. The number of likely N-dealkylation sites (tertiary alicyclic amines) is 1. The summed E-state index contributed by atoms with van der Waals surface area (Å²) in [5, 5.41) is 0. The molecule has 0 aliphatic carbocycles. The van der Waals surface area contributed by atoms with Crippen LogP contribution in [0.4, 0.5) is 4.39 Å². The number of nitrogens with zero attached hydrogens (tertiary/aromatic N) is 3. The lowest BCUT2D eigenvalue weighted by Gasteiger charge is -2.37. The molecule has 0 bridgehead atoms. The molecule has 0 unspecified atom stereocenters. The maximum absolute atomic E-state index is 13.8. The molecule has 2 aliphatic heterocycles. The van der Waals surface area contributed by atoms with Crippen molar-refractivity contribution >= 4 is 11.8 Å². The van der Waals surface area contributed by atoms with Gasteiger partial charge in [-0.05, 0) is 42.7 Å². The summed E-state index contributed by atoms with van der Waals surface area (Å²) in [7, 11) is 0. The van der Waals surface area contributed by atoms with E-state index in [1.165, 1.54) is 12.1 Å². The summed E-state index contributed by atoms with van der Waals surface area (Å²) < 4.78 is 15.9. The molecule has 2 amide bonds. The number of aromatic nitrogens is 1. The summed E-state index contributed by atoms with van der Waals surface area (Å²) in [6, 6.07) is 9.88. The summed E-state index contributed by atoms with van der Waals surface area (Å²) in [6.07, 6.45) is 3.86. The minimum atomic E-state index is -0.367. The van der Waals surface area contributed by atoms with E-state index in [4.69, 9.17) is 0 Å². The number of carbonyl (C=O) groups is 2. The van der Waals surface area contributed by atoms with Crippen LogP contribution in [0.5, 0.6) is 0 Å². The van der Waals surface area contributed by atoms with Gasteiger partial charge in [0.15, 0.2) is 0 Å². The normalized spacial score (nSPS) is 19.5. The SMILES string of the molecule is O=C(CC(=O)N1CCn2cccc2[C@@H]1c1cccc(F)c1)N1CCCC1.